The minimum atomic E-state index is -0.864. The van der Waals surface area contributed by atoms with Gasteiger partial charge in [-0.25, -0.2) is 14.4 Å². The van der Waals surface area contributed by atoms with Gasteiger partial charge in [0.25, 0.3) is 11.8 Å². The van der Waals surface area contributed by atoms with E-state index in [-0.39, 0.29) is 17.9 Å². The number of nitrogens with zero attached hydrogens (tertiary/aromatic N) is 2. The largest absolute Gasteiger partial charge is 0.273 e. The molecule has 1 aromatic carbocycles. The Morgan fingerprint density at radius 1 is 1.12 bits per heavy atom. The Balaban J connectivity index is 1.46. The van der Waals surface area contributed by atoms with Crippen LogP contribution in [0.4, 0.5) is 4.39 Å². The van der Waals surface area contributed by atoms with Gasteiger partial charge < -0.3 is 0 Å². The molecule has 0 radical (unpaired) electrons. The lowest BCUT2D eigenvalue weighted by atomic mass is 9.64. The minimum Gasteiger partial charge on any atom is -0.270 e. The van der Waals surface area contributed by atoms with Crippen molar-refractivity contribution in [3.05, 3.63) is 35.6 Å². The quantitative estimate of drug-likeness (QED) is 0.812. The predicted octanol–water partition coefficient (Wildman–Crippen LogP) is 3.63. The maximum absolute atomic E-state index is 13.6. The van der Waals surface area contributed by atoms with E-state index in [1.165, 1.54) is 31.4 Å². The maximum atomic E-state index is 13.6. The van der Waals surface area contributed by atoms with Gasteiger partial charge in [-0.1, -0.05) is 6.07 Å². The maximum Gasteiger partial charge on any atom is 0.273 e. The summed E-state index contributed by atoms with van der Waals surface area (Å²) in [5, 5.41) is 3.32. The predicted molar refractivity (Wildman–Crippen MR) is 94.3 cm³/mol. The number of amides is 2. The Morgan fingerprint density at radius 2 is 1.88 bits per heavy atom. The zero-order chi connectivity index (χ0) is 18.2. The van der Waals surface area contributed by atoms with Crippen molar-refractivity contribution in [1.29, 1.82) is 0 Å². The van der Waals surface area contributed by atoms with Crippen LogP contribution in [-0.4, -0.2) is 33.4 Å². The van der Waals surface area contributed by atoms with Crippen molar-refractivity contribution in [2.75, 3.05) is 0 Å². The lowest BCUT2D eigenvalue weighted by Gasteiger charge is -2.59. The van der Waals surface area contributed by atoms with Gasteiger partial charge in [-0.15, -0.1) is 0 Å². The van der Waals surface area contributed by atoms with E-state index >= 15 is 0 Å². The van der Waals surface area contributed by atoms with E-state index in [1.54, 1.807) is 36.0 Å². The van der Waals surface area contributed by atoms with Crippen LogP contribution in [-0.2, 0) is 4.79 Å². The van der Waals surface area contributed by atoms with Crippen LogP contribution < -0.4 is 0 Å². The zero-order valence-electron chi connectivity index (χ0n) is 15.3. The first-order valence-electron chi connectivity index (χ1n) is 9.81. The highest BCUT2D eigenvalue weighted by molar-refractivity contribution is 6.04. The van der Waals surface area contributed by atoms with E-state index in [4.69, 9.17) is 0 Å². The van der Waals surface area contributed by atoms with E-state index in [0.29, 0.717) is 11.5 Å². The van der Waals surface area contributed by atoms with Crippen molar-refractivity contribution in [2.45, 2.75) is 57.5 Å². The molecule has 4 nitrogen and oxygen atoms in total. The molecule has 2 bridgehead atoms. The molecule has 1 aliphatic heterocycles. The number of hydrogen-bond donors (Lipinski definition) is 0. The Morgan fingerprint density at radius 3 is 2.65 bits per heavy atom. The van der Waals surface area contributed by atoms with E-state index in [9.17, 15) is 14.0 Å². The second-order valence-electron chi connectivity index (χ2n) is 9.13. The molecule has 4 aliphatic rings. The zero-order valence-corrected chi connectivity index (χ0v) is 15.3. The number of halogens is 1. The third-order valence-corrected chi connectivity index (χ3v) is 7.43. The summed E-state index contributed by atoms with van der Waals surface area (Å²) in [4.78, 5) is 26.1. The van der Waals surface area contributed by atoms with Crippen LogP contribution in [0.5, 0.6) is 0 Å². The van der Waals surface area contributed by atoms with Crippen LogP contribution in [0.25, 0.3) is 0 Å². The standard InChI is InChI=1S/C21H25FN2O2/c1-21(2)20(26)23(24(21)19(25)13-4-3-5-16(22)10-13)18-7-6-12-8-14-9-15(18)11-17(12)14/h3-5,10,12,14-15,17-18H,6-9,11H2,1-2H3. The topological polar surface area (TPSA) is 40.6 Å². The van der Waals surface area contributed by atoms with Crippen molar-refractivity contribution in [1.82, 2.24) is 10.0 Å². The van der Waals surface area contributed by atoms with E-state index in [2.05, 4.69) is 0 Å². The van der Waals surface area contributed by atoms with Gasteiger partial charge in [-0.05, 0) is 87.8 Å². The van der Waals surface area contributed by atoms with E-state index in [0.717, 1.165) is 30.6 Å². The molecule has 5 unspecified atom stereocenters. The first kappa shape index (κ1) is 16.3. The van der Waals surface area contributed by atoms with Gasteiger partial charge in [0.05, 0.1) is 6.04 Å². The Hall–Kier alpha value is -1.91. The Labute approximate surface area is 153 Å². The van der Waals surface area contributed by atoms with Crippen molar-refractivity contribution in [3.63, 3.8) is 0 Å². The molecule has 1 heterocycles. The molecule has 0 aromatic heterocycles. The van der Waals surface area contributed by atoms with Gasteiger partial charge >= 0.3 is 0 Å². The van der Waals surface area contributed by atoms with Crippen LogP contribution >= 0.6 is 0 Å². The monoisotopic (exact) mass is 356 g/mol. The van der Waals surface area contributed by atoms with Crippen LogP contribution in [0.15, 0.2) is 24.3 Å². The Kier molecular flexibility index (Phi) is 3.32. The van der Waals surface area contributed by atoms with Crippen molar-refractivity contribution < 1.29 is 14.0 Å². The van der Waals surface area contributed by atoms with Crippen molar-refractivity contribution >= 4 is 11.8 Å². The fraction of sp³-hybridized carbons (Fsp3) is 0.619. The van der Waals surface area contributed by atoms with Crippen LogP contribution in [0.1, 0.15) is 56.3 Å². The fourth-order valence-corrected chi connectivity index (χ4v) is 6.09. The summed E-state index contributed by atoms with van der Waals surface area (Å²) in [5.41, 5.74) is -0.562. The SMILES string of the molecule is CC1(C)C(=O)N(C2CCC3CC4CC2CC34)N1C(=O)c1cccc(F)c1. The van der Waals surface area contributed by atoms with Crippen LogP contribution in [0.2, 0.25) is 0 Å². The van der Waals surface area contributed by atoms with E-state index < -0.39 is 11.4 Å². The molecule has 2 amide bonds. The molecule has 4 fully saturated rings. The molecule has 3 saturated carbocycles. The molecule has 0 spiro atoms. The van der Waals surface area contributed by atoms with Gasteiger partial charge in [0.2, 0.25) is 0 Å². The summed E-state index contributed by atoms with van der Waals surface area (Å²) >= 11 is 0. The lowest BCUT2D eigenvalue weighted by molar-refractivity contribution is -0.213. The highest BCUT2D eigenvalue weighted by Crippen LogP contribution is 2.59. The Bertz CT molecular complexity index is 792. The molecule has 3 aliphatic carbocycles. The third kappa shape index (κ3) is 2.06. The summed E-state index contributed by atoms with van der Waals surface area (Å²) < 4.78 is 13.6. The second kappa shape index (κ2) is 5.30. The summed E-state index contributed by atoms with van der Waals surface area (Å²) in [5.74, 6) is 2.32. The average Bonchev–Trinajstić information content (AvgIpc) is 2.84. The van der Waals surface area contributed by atoms with Gasteiger partial charge in [-0.2, -0.15) is 0 Å². The molecular formula is C21H25FN2O2. The van der Waals surface area contributed by atoms with Crippen LogP contribution in [0, 0.1) is 29.5 Å². The van der Waals surface area contributed by atoms with Crippen molar-refractivity contribution in [3.8, 4) is 0 Å². The highest BCUT2D eigenvalue weighted by atomic mass is 19.1. The summed E-state index contributed by atoms with van der Waals surface area (Å²) in [6, 6.07) is 5.87. The van der Waals surface area contributed by atoms with Gasteiger partial charge in [0.1, 0.15) is 11.4 Å². The number of carbonyl (C=O) groups is 2. The molecule has 26 heavy (non-hydrogen) atoms. The molecule has 5 heteroatoms. The first-order valence-corrected chi connectivity index (χ1v) is 9.81. The highest BCUT2D eigenvalue weighted by Gasteiger charge is 2.61. The third-order valence-electron chi connectivity index (χ3n) is 7.43. The van der Waals surface area contributed by atoms with Gasteiger partial charge in [0.15, 0.2) is 0 Å². The van der Waals surface area contributed by atoms with Crippen molar-refractivity contribution in [2.24, 2.45) is 23.7 Å². The molecule has 1 aromatic rings. The number of benzene rings is 1. The van der Waals surface area contributed by atoms with Crippen LogP contribution in [0.3, 0.4) is 0 Å². The molecule has 1 saturated heterocycles. The normalized spacial score (nSPS) is 37.0. The molecule has 5 rings (SSSR count). The fourth-order valence-electron chi connectivity index (χ4n) is 6.09. The summed E-state index contributed by atoms with van der Waals surface area (Å²) in [7, 11) is 0. The van der Waals surface area contributed by atoms with E-state index in [1.807, 2.05) is 0 Å². The number of hydrazine groups is 1. The minimum absolute atomic E-state index is 0.0197. The smallest absolute Gasteiger partial charge is 0.270 e. The molecular weight excluding hydrogens is 331 g/mol. The second-order valence-corrected chi connectivity index (χ2v) is 9.13. The molecule has 138 valence electrons. The number of carbonyl (C=O) groups excluding carboxylic acids is 2. The number of hydrogen-bond acceptors (Lipinski definition) is 2. The lowest BCUT2D eigenvalue weighted by Crippen LogP contribution is -2.79. The summed E-state index contributed by atoms with van der Waals surface area (Å²) in [6.07, 6.45) is 5.89. The first-order chi connectivity index (χ1) is 12.4. The molecule has 5 atom stereocenters. The number of fused-ring (bicyclic) bond motifs is 1. The molecule has 0 N–H and O–H groups in total. The average molecular weight is 356 g/mol. The number of rotatable bonds is 2. The summed E-state index contributed by atoms with van der Waals surface area (Å²) in [6.45, 7) is 3.57. The van der Waals surface area contributed by atoms with Gasteiger partial charge in [0, 0.05) is 5.56 Å². The van der Waals surface area contributed by atoms with Gasteiger partial charge in [-0.3, -0.25) is 9.59 Å².